The van der Waals surface area contributed by atoms with E-state index in [1.807, 2.05) is 6.07 Å². The van der Waals surface area contributed by atoms with E-state index in [2.05, 4.69) is 15.4 Å². The highest BCUT2D eigenvalue weighted by Crippen LogP contribution is 2.20. The highest BCUT2D eigenvalue weighted by molar-refractivity contribution is 7.92. The lowest BCUT2D eigenvalue weighted by Gasteiger charge is -2.11. The highest BCUT2D eigenvalue weighted by Gasteiger charge is 2.15. The topological polar surface area (TPSA) is 125 Å². The summed E-state index contributed by atoms with van der Waals surface area (Å²) >= 11 is 0. The van der Waals surface area contributed by atoms with Crippen molar-refractivity contribution in [3.8, 4) is 0 Å². The minimum atomic E-state index is -3.85. The quantitative estimate of drug-likeness (QED) is 0.420. The maximum atomic E-state index is 12.6. The van der Waals surface area contributed by atoms with E-state index in [1.54, 1.807) is 54.6 Å². The van der Waals surface area contributed by atoms with Crippen molar-refractivity contribution in [2.75, 3.05) is 15.4 Å². The van der Waals surface area contributed by atoms with Crippen LogP contribution in [0, 0.1) is 0 Å². The molecule has 0 aliphatic heterocycles. The van der Waals surface area contributed by atoms with Crippen molar-refractivity contribution in [2.24, 2.45) is 0 Å². The van der Waals surface area contributed by atoms with Crippen LogP contribution in [0.15, 0.2) is 83.8 Å². The normalized spacial score (nSPS) is 10.8. The Labute approximate surface area is 180 Å². The van der Waals surface area contributed by atoms with Crippen LogP contribution in [-0.2, 0) is 21.2 Å². The number of carboxylic acid groups (broad SMARTS) is 1. The second kappa shape index (κ2) is 9.77. The summed E-state index contributed by atoms with van der Waals surface area (Å²) in [5.41, 5.74) is 2.06. The highest BCUT2D eigenvalue weighted by atomic mass is 32.2. The summed E-state index contributed by atoms with van der Waals surface area (Å²) in [6.45, 7) is 0. The Morgan fingerprint density at radius 2 is 1.39 bits per heavy atom. The van der Waals surface area contributed by atoms with Gasteiger partial charge in [-0.2, -0.15) is 0 Å². The van der Waals surface area contributed by atoms with Crippen LogP contribution < -0.4 is 15.4 Å². The predicted molar refractivity (Wildman–Crippen MR) is 119 cm³/mol. The lowest BCUT2D eigenvalue weighted by molar-refractivity contribution is -0.136. The Balaban J connectivity index is 1.65. The number of nitrogens with one attached hydrogen (secondary N) is 3. The summed E-state index contributed by atoms with van der Waals surface area (Å²) in [6.07, 6.45) is 0.295. The Hall–Kier alpha value is -3.85. The summed E-state index contributed by atoms with van der Waals surface area (Å²) in [4.78, 5) is 22.8. The van der Waals surface area contributed by atoms with E-state index in [9.17, 15) is 18.0 Å². The molecule has 0 atom stereocenters. The van der Waals surface area contributed by atoms with Gasteiger partial charge in [-0.3, -0.25) is 9.52 Å². The lowest BCUT2D eigenvalue weighted by Crippen LogP contribution is -2.19. The molecule has 2 amide bonds. The molecule has 3 aromatic carbocycles. The first-order chi connectivity index (χ1) is 14.8. The van der Waals surface area contributed by atoms with Crippen LogP contribution in [0.5, 0.6) is 0 Å². The van der Waals surface area contributed by atoms with Crippen LogP contribution >= 0.6 is 0 Å². The molecule has 3 aromatic rings. The largest absolute Gasteiger partial charge is 0.481 e. The minimum Gasteiger partial charge on any atom is -0.481 e. The van der Waals surface area contributed by atoms with E-state index >= 15 is 0 Å². The van der Waals surface area contributed by atoms with E-state index in [0.29, 0.717) is 17.8 Å². The molecule has 0 heterocycles. The SMILES string of the molecule is O=C(O)CCc1ccc(S(=O)(=O)Nc2cccc(NC(=O)Nc3ccccc3)c2)cc1. The fourth-order valence-corrected chi connectivity index (χ4v) is 3.83. The minimum absolute atomic E-state index is 0.0258. The summed E-state index contributed by atoms with van der Waals surface area (Å²) in [5.74, 6) is -0.913. The van der Waals surface area contributed by atoms with Gasteiger partial charge in [0.25, 0.3) is 10.0 Å². The van der Waals surface area contributed by atoms with E-state index < -0.39 is 22.0 Å². The third kappa shape index (κ3) is 6.58. The molecule has 3 rings (SSSR count). The Kier molecular flexibility index (Phi) is 6.88. The van der Waals surface area contributed by atoms with Crippen molar-refractivity contribution in [2.45, 2.75) is 17.7 Å². The molecule has 0 saturated carbocycles. The first-order valence-corrected chi connectivity index (χ1v) is 10.9. The van der Waals surface area contributed by atoms with Gasteiger partial charge >= 0.3 is 12.0 Å². The maximum absolute atomic E-state index is 12.6. The molecule has 0 unspecified atom stereocenters. The standard InChI is InChI=1S/C22H21N3O5S/c26-21(27)14-11-16-9-12-20(13-10-16)31(29,30)25-19-8-4-7-18(15-19)24-22(28)23-17-5-2-1-3-6-17/h1-10,12-13,15,25H,11,14H2,(H,26,27)(H2,23,24,28). The van der Waals surface area contributed by atoms with Gasteiger partial charge in [0.1, 0.15) is 0 Å². The number of hydrogen-bond acceptors (Lipinski definition) is 4. The summed E-state index contributed by atoms with van der Waals surface area (Å²) in [5, 5.41) is 14.1. The van der Waals surface area contributed by atoms with Crippen LogP contribution in [0.4, 0.5) is 21.9 Å². The Morgan fingerprint density at radius 3 is 2.06 bits per heavy atom. The van der Waals surface area contributed by atoms with Gasteiger partial charge in [0.15, 0.2) is 0 Å². The van der Waals surface area contributed by atoms with Gasteiger partial charge in [-0.15, -0.1) is 0 Å². The summed E-state index contributed by atoms with van der Waals surface area (Å²) in [6, 6.07) is 20.8. The van der Waals surface area contributed by atoms with Gasteiger partial charge in [-0.1, -0.05) is 36.4 Å². The Morgan fingerprint density at radius 1 is 0.774 bits per heavy atom. The number of hydrogen-bond donors (Lipinski definition) is 4. The van der Waals surface area contributed by atoms with Gasteiger partial charge in [0.05, 0.1) is 10.6 Å². The molecule has 0 aliphatic rings. The number of para-hydroxylation sites is 1. The number of sulfonamides is 1. The molecule has 0 aliphatic carbocycles. The molecule has 160 valence electrons. The number of aryl methyl sites for hydroxylation is 1. The summed E-state index contributed by atoms with van der Waals surface area (Å²) in [7, 11) is -3.85. The van der Waals surface area contributed by atoms with Gasteiger partial charge in [0, 0.05) is 17.8 Å². The molecule has 0 bridgehead atoms. The molecule has 8 nitrogen and oxygen atoms in total. The average molecular weight is 439 g/mol. The zero-order chi connectivity index (χ0) is 22.3. The molecular weight excluding hydrogens is 418 g/mol. The molecule has 31 heavy (non-hydrogen) atoms. The van der Waals surface area contributed by atoms with E-state index in [1.165, 1.54) is 18.2 Å². The molecule has 9 heteroatoms. The van der Waals surface area contributed by atoms with Crippen molar-refractivity contribution in [1.29, 1.82) is 0 Å². The van der Waals surface area contributed by atoms with Crippen molar-refractivity contribution >= 4 is 39.1 Å². The van der Waals surface area contributed by atoms with Crippen LogP contribution in [0.3, 0.4) is 0 Å². The number of benzene rings is 3. The monoisotopic (exact) mass is 439 g/mol. The lowest BCUT2D eigenvalue weighted by atomic mass is 10.1. The van der Waals surface area contributed by atoms with E-state index in [4.69, 9.17) is 5.11 Å². The first kappa shape index (κ1) is 21.8. The molecule has 0 saturated heterocycles. The molecule has 4 N–H and O–H groups in total. The fraction of sp³-hybridized carbons (Fsp3) is 0.0909. The molecule has 0 fully saturated rings. The second-order valence-corrected chi connectivity index (χ2v) is 8.35. The van der Waals surface area contributed by atoms with Gasteiger partial charge in [-0.05, 0) is 54.4 Å². The van der Waals surface area contributed by atoms with Gasteiger partial charge in [-0.25, -0.2) is 13.2 Å². The van der Waals surface area contributed by atoms with E-state index in [0.717, 1.165) is 5.56 Å². The maximum Gasteiger partial charge on any atom is 0.323 e. The van der Waals surface area contributed by atoms with E-state index in [-0.39, 0.29) is 17.0 Å². The second-order valence-electron chi connectivity index (χ2n) is 6.67. The predicted octanol–water partition coefficient (Wildman–Crippen LogP) is 4.15. The first-order valence-electron chi connectivity index (χ1n) is 9.38. The molecular formula is C22H21N3O5S. The van der Waals surface area contributed by atoms with Crippen LogP contribution in [0.1, 0.15) is 12.0 Å². The Bertz CT molecular complexity index is 1160. The average Bonchev–Trinajstić information content (AvgIpc) is 2.73. The van der Waals surface area contributed by atoms with Crippen molar-refractivity contribution in [1.82, 2.24) is 0 Å². The third-order valence-corrected chi connectivity index (χ3v) is 5.66. The van der Waals surface area contributed by atoms with Gasteiger partial charge in [0.2, 0.25) is 0 Å². The number of aliphatic carboxylic acids is 1. The number of carbonyl (C=O) groups is 2. The summed E-state index contributed by atoms with van der Waals surface area (Å²) < 4.78 is 27.8. The van der Waals surface area contributed by atoms with Crippen LogP contribution in [-0.4, -0.2) is 25.5 Å². The number of rotatable bonds is 8. The molecule has 0 aromatic heterocycles. The van der Waals surface area contributed by atoms with Crippen molar-refractivity contribution in [3.63, 3.8) is 0 Å². The number of anilines is 3. The zero-order valence-electron chi connectivity index (χ0n) is 16.4. The number of carboxylic acids is 1. The van der Waals surface area contributed by atoms with Crippen LogP contribution in [0.2, 0.25) is 0 Å². The van der Waals surface area contributed by atoms with Crippen molar-refractivity contribution in [3.05, 3.63) is 84.4 Å². The smallest absolute Gasteiger partial charge is 0.323 e. The third-order valence-electron chi connectivity index (χ3n) is 4.27. The molecule has 0 radical (unpaired) electrons. The number of carbonyl (C=O) groups excluding carboxylic acids is 1. The van der Waals surface area contributed by atoms with Crippen LogP contribution in [0.25, 0.3) is 0 Å². The fourth-order valence-electron chi connectivity index (χ4n) is 2.78. The molecule has 0 spiro atoms. The van der Waals surface area contributed by atoms with Gasteiger partial charge < -0.3 is 15.7 Å². The number of amides is 2. The van der Waals surface area contributed by atoms with Crippen molar-refractivity contribution < 1.29 is 23.1 Å². The zero-order valence-corrected chi connectivity index (χ0v) is 17.2. The number of urea groups is 1.